The van der Waals surface area contributed by atoms with E-state index >= 15 is 0 Å². The normalized spacial score (nSPS) is 9.00. The number of nitrogens with one attached hydrogen (secondary N) is 1. The molecule has 0 bridgehead atoms. The van der Waals surface area contributed by atoms with Gasteiger partial charge in [0.2, 0.25) is 5.91 Å². The monoisotopic (exact) mass is 144 g/mol. The average molecular weight is 144 g/mol. The molecule has 0 aliphatic heterocycles. The second kappa shape index (κ2) is 2.59. The first-order chi connectivity index (χ1) is 4.29. The molecule has 0 atom stereocenters. The Hall–Kier alpha value is -0.900. The summed E-state index contributed by atoms with van der Waals surface area (Å²) in [6.45, 7) is 1.46. The predicted molar refractivity (Wildman–Crippen MR) is 38.5 cm³/mol. The molecule has 50 valence electrons. The van der Waals surface area contributed by atoms with Crippen molar-refractivity contribution >= 4 is 22.4 Å². The van der Waals surface area contributed by atoms with Gasteiger partial charge in [0.25, 0.3) is 0 Å². The van der Waals surface area contributed by atoms with E-state index in [1.807, 2.05) is 5.38 Å². The van der Waals surface area contributed by atoms with Crippen molar-refractivity contribution in [1.82, 2.24) is 4.98 Å². The van der Waals surface area contributed by atoms with E-state index in [9.17, 15) is 4.79 Å². The third kappa shape index (κ3) is 1.81. The maximum Gasteiger partial charge on any atom is 0.223 e. The molecule has 0 saturated carbocycles. The third-order valence-electron chi connectivity index (χ3n) is 0.715. The summed E-state index contributed by atoms with van der Waals surface area (Å²) >= 11 is 1.41. The summed E-state index contributed by atoms with van der Waals surface area (Å²) in [5, 5.41) is 5.02. The van der Waals surface area contributed by atoms with E-state index in [4.69, 9.17) is 0 Å². The molecule has 1 rings (SSSR count). The fourth-order valence-electron chi connectivity index (χ4n) is 0.436. The Kier molecular flexibility index (Phi) is 1.79. The van der Waals surface area contributed by atoms with Crippen LogP contribution in [0.2, 0.25) is 0 Å². The minimum Gasteiger partial charge on any atom is -0.302 e. The molecule has 0 aliphatic carbocycles. The standard InChI is InChI=1S/C5H6N2OS.H2/c1-4(8)7-5-6-2-3-9-5;/h2-3H,1H3,(H,6,7,8);1H. The van der Waals surface area contributed by atoms with E-state index in [1.54, 1.807) is 6.20 Å². The van der Waals surface area contributed by atoms with Gasteiger partial charge in [-0.15, -0.1) is 11.3 Å². The van der Waals surface area contributed by atoms with E-state index in [0.717, 1.165) is 0 Å². The number of hydrogen-bond acceptors (Lipinski definition) is 3. The first-order valence-corrected chi connectivity index (χ1v) is 3.34. The molecule has 1 heterocycles. The van der Waals surface area contributed by atoms with E-state index in [-0.39, 0.29) is 7.33 Å². The third-order valence-corrected chi connectivity index (χ3v) is 1.40. The number of anilines is 1. The quantitative estimate of drug-likeness (QED) is 0.646. The van der Waals surface area contributed by atoms with Crippen LogP contribution in [0.25, 0.3) is 0 Å². The molecule has 0 fully saturated rings. The Bertz CT molecular complexity index is 199. The molecule has 1 amide bonds. The Morgan fingerprint density at radius 2 is 2.78 bits per heavy atom. The van der Waals surface area contributed by atoms with Gasteiger partial charge >= 0.3 is 0 Å². The van der Waals surface area contributed by atoms with E-state index in [2.05, 4.69) is 10.3 Å². The van der Waals surface area contributed by atoms with Crippen LogP contribution in [0.3, 0.4) is 0 Å². The summed E-state index contributed by atoms with van der Waals surface area (Å²) < 4.78 is 0. The zero-order valence-electron chi connectivity index (χ0n) is 4.92. The molecule has 0 spiro atoms. The van der Waals surface area contributed by atoms with Crippen molar-refractivity contribution in [2.24, 2.45) is 0 Å². The van der Waals surface area contributed by atoms with Crippen LogP contribution in [-0.4, -0.2) is 10.9 Å². The molecule has 3 nitrogen and oxygen atoms in total. The van der Waals surface area contributed by atoms with Crippen LogP contribution in [-0.2, 0) is 4.79 Å². The molecule has 1 aromatic heterocycles. The second-order valence-electron chi connectivity index (χ2n) is 1.52. The van der Waals surface area contributed by atoms with Gasteiger partial charge in [0, 0.05) is 19.9 Å². The average Bonchev–Trinajstić information content (AvgIpc) is 2.15. The number of amides is 1. The minimum absolute atomic E-state index is 0. The largest absolute Gasteiger partial charge is 0.302 e. The SMILES string of the molecule is CC(=O)Nc1nccs1.[HH]. The highest BCUT2D eigenvalue weighted by Gasteiger charge is 1.93. The van der Waals surface area contributed by atoms with Crippen LogP contribution < -0.4 is 5.32 Å². The molecule has 0 unspecified atom stereocenters. The molecule has 0 saturated heterocycles. The maximum atomic E-state index is 10.4. The lowest BCUT2D eigenvalue weighted by Gasteiger charge is -1.90. The van der Waals surface area contributed by atoms with Gasteiger partial charge in [-0.3, -0.25) is 4.79 Å². The Morgan fingerprint density at radius 1 is 2.00 bits per heavy atom. The van der Waals surface area contributed by atoms with Crippen LogP contribution >= 0.6 is 11.3 Å². The van der Waals surface area contributed by atoms with Crippen molar-refractivity contribution in [3.05, 3.63) is 11.6 Å². The van der Waals surface area contributed by atoms with Crippen LogP contribution in [0.5, 0.6) is 0 Å². The summed E-state index contributed by atoms with van der Waals surface area (Å²) in [6.07, 6.45) is 1.65. The van der Waals surface area contributed by atoms with Crippen LogP contribution in [0.15, 0.2) is 11.6 Å². The lowest BCUT2D eigenvalue weighted by Crippen LogP contribution is -2.04. The molecule has 1 aromatic rings. The summed E-state index contributed by atoms with van der Waals surface area (Å²) in [5.41, 5.74) is 0. The molecule has 0 aromatic carbocycles. The van der Waals surface area contributed by atoms with Crippen molar-refractivity contribution < 1.29 is 6.22 Å². The van der Waals surface area contributed by atoms with Crippen molar-refractivity contribution in [1.29, 1.82) is 0 Å². The molecule has 4 heteroatoms. The number of aromatic nitrogens is 1. The minimum atomic E-state index is -0.0787. The molecule has 1 N–H and O–H groups in total. The van der Waals surface area contributed by atoms with Gasteiger partial charge in [-0.25, -0.2) is 4.98 Å². The Balaban J connectivity index is 0.000000810. The first-order valence-electron chi connectivity index (χ1n) is 2.46. The van der Waals surface area contributed by atoms with Gasteiger partial charge in [0.15, 0.2) is 5.13 Å². The number of thiazole rings is 1. The molecule has 0 aliphatic rings. The van der Waals surface area contributed by atoms with Gasteiger partial charge in [0.1, 0.15) is 0 Å². The predicted octanol–water partition coefficient (Wildman–Crippen LogP) is 1.35. The number of hydrogen-bond donors (Lipinski definition) is 1. The van der Waals surface area contributed by atoms with Gasteiger partial charge in [-0.2, -0.15) is 0 Å². The molecule has 0 radical (unpaired) electrons. The zero-order chi connectivity index (χ0) is 6.69. The van der Waals surface area contributed by atoms with Crippen molar-refractivity contribution in [3.8, 4) is 0 Å². The fourth-order valence-corrected chi connectivity index (χ4v) is 1.01. The van der Waals surface area contributed by atoms with Crippen molar-refractivity contribution in [3.63, 3.8) is 0 Å². The summed E-state index contributed by atoms with van der Waals surface area (Å²) in [4.78, 5) is 14.2. The molecular weight excluding hydrogens is 136 g/mol. The highest BCUT2D eigenvalue weighted by molar-refractivity contribution is 7.13. The lowest BCUT2D eigenvalue weighted by molar-refractivity contribution is -0.114. The topological polar surface area (TPSA) is 42.0 Å². The number of nitrogens with zero attached hydrogens (tertiary/aromatic N) is 1. The van der Waals surface area contributed by atoms with Crippen molar-refractivity contribution in [2.75, 3.05) is 5.32 Å². The summed E-state index contributed by atoms with van der Waals surface area (Å²) in [7, 11) is 0. The van der Waals surface area contributed by atoms with E-state index in [0.29, 0.717) is 5.13 Å². The number of carbonyl (C=O) groups is 1. The summed E-state index contributed by atoms with van der Waals surface area (Å²) in [5.74, 6) is -0.0787. The zero-order valence-corrected chi connectivity index (χ0v) is 5.73. The molecular formula is C5H8N2OS. The first kappa shape index (κ1) is 6.22. The lowest BCUT2D eigenvalue weighted by atomic mass is 10.7. The van der Waals surface area contributed by atoms with Gasteiger partial charge < -0.3 is 5.32 Å². The Labute approximate surface area is 58.2 Å². The van der Waals surface area contributed by atoms with Crippen LogP contribution in [0, 0.1) is 0 Å². The number of rotatable bonds is 1. The highest BCUT2D eigenvalue weighted by atomic mass is 32.1. The highest BCUT2D eigenvalue weighted by Crippen LogP contribution is 2.08. The van der Waals surface area contributed by atoms with Crippen LogP contribution in [0.1, 0.15) is 8.35 Å². The fraction of sp³-hybridized carbons (Fsp3) is 0.200. The van der Waals surface area contributed by atoms with Gasteiger partial charge in [-0.1, -0.05) is 0 Å². The smallest absolute Gasteiger partial charge is 0.223 e. The van der Waals surface area contributed by atoms with Crippen LogP contribution in [0.4, 0.5) is 5.13 Å². The van der Waals surface area contributed by atoms with Gasteiger partial charge in [-0.05, 0) is 0 Å². The number of carbonyl (C=O) groups excluding carboxylic acids is 1. The molecule has 9 heavy (non-hydrogen) atoms. The second-order valence-corrected chi connectivity index (χ2v) is 2.41. The van der Waals surface area contributed by atoms with E-state index in [1.165, 1.54) is 18.3 Å². The van der Waals surface area contributed by atoms with E-state index < -0.39 is 0 Å². The summed E-state index contributed by atoms with van der Waals surface area (Å²) in [6, 6.07) is 0. The maximum absolute atomic E-state index is 10.4. The van der Waals surface area contributed by atoms with Crippen molar-refractivity contribution in [2.45, 2.75) is 6.92 Å². The van der Waals surface area contributed by atoms with Gasteiger partial charge in [0.05, 0.1) is 0 Å². The Morgan fingerprint density at radius 3 is 3.22 bits per heavy atom.